The molecule has 3 heterocycles. The van der Waals surface area contributed by atoms with Gasteiger partial charge in [0.15, 0.2) is 5.82 Å². The van der Waals surface area contributed by atoms with Crippen LogP contribution in [0.4, 0.5) is 0 Å². The molecule has 20 heavy (non-hydrogen) atoms. The minimum atomic E-state index is 0.130. The molecule has 0 saturated carbocycles. The fraction of sp³-hybridized carbons (Fsp3) is 0.533. The van der Waals surface area contributed by atoms with E-state index in [4.69, 9.17) is 0 Å². The van der Waals surface area contributed by atoms with Gasteiger partial charge in [-0.05, 0) is 23.6 Å². The van der Waals surface area contributed by atoms with E-state index in [-0.39, 0.29) is 6.04 Å². The van der Waals surface area contributed by atoms with Crippen LogP contribution in [0, 0.1) is 5.92 Å². The highest BCUT2D eigenvalue weighted by atomic mass is 15.3. The van der Waals surface area contributed by atoms with Crippen LogP contribution in [0.15, 0.2) is 24.5 Å². The van der Waals surface area contributed by atoms with Crippen LogP contribution in [0.5, 0.6) is 0 Å². The Hall–Kier alpha value is -1.75. The van der Waals surface area contributed by atoms with E-state index in [1.165, 1.54) is 12.0 Å². The molecule has 0 saturated heterocycles. The molecule has 0 aromatic carbocycles. The van der Waals surface area contributed by atoms with Gasteiger partial charge in [0.1, 0.15) is 5.82 Å². The maximum absolute atomic E-state index is 4.43. The topological polar surface area (TPSA) is 55.6 Å². The standard InChI is InChI=1S/C15H21N5/c1-3-11(2)10-13-18-19-15-14(17-8-9-20(13)15)12-4-6-16-7-5-12/h4-7,11,14,17H,3,8-10H2,1-2H3. The lowest BCUT2D eigenvalue weighted by atomic mass is 10.0. The third kappa shape index (κ3) is 2.45. The fourth-order valence-electron chi connectivity index (χ4n) is 2.65. The van der Waals surface area contributed by atoms with Crippen molar-refractivity contribution in [2.75, 3.05) is 6.54 Å². The minimum absolute atomic E-state index is 0.130. The van der Waals surface area contributed by atoms with E-state index >= 15 is 0 Å². The first-order valence-corrected chi connectivity index (χ1v) is 7.35. The van der Waals surface area contributed by atoms with Gasteiger partial charge in [0.05, 0.1) is 6.04 Å². The van der Waals surface area contributed by atoms with E-state index in [0.717, 1.165) is 31.2 Å². The van der Waals surface area contributed by atoms with Crippen LogP contribution in [-0.2, 0) is 13.0 Å². The maximum atomic E-state index is 4.43. The summed E-state index contributed by atoms with van der Waals surface area (Å²) in [7, 11) is 0. The molecule has 0 radical (unpaired) electrons. The summed E-state index contributed by atoms with van der Waals surface area (Å²) in [6.07, 6.45) is 5.83. The molecule has 3 rings (SSSR count). The van der Waals surface area contributed by atoms with Crippen molar-refractivity contribution in [1.29, 1.82) is 0 Å². The first-order chi connectivity index (χ1) is 9.79. The van der Waals surface area contributed by atoms with E-state index in [9.17, 15) is 0 Å². The second-order valence-electron chi connectivity index (χ2n) is 5.51. The molecule has 5 nitrogen and oxygen atoms in total. The Labute approximate surface area is 119 Å². The molecule has 2 unspecified atom stereocenters. The molecule has 0 aliphatic carbocycles. The predicted octanol–water partition coefficient (Wildman–Crippen LogP) is 1.95. The molecule has 0 amide bonds. The van der Waals surface area contributed by atoms with Crippen molar-refractivity contribution in [3.63, 3.8) is 0 Å². The van der Waals surface area contributed by atoms with Crippen LogP contribution in [0.3, 0.4) is 0 Å². The first kappa shape index (κ1) is 13.2. The molecule has 0 spiro atoms. The third-order valence-corrected chi connectivity index (χ3v) is 4.07. The molecule has 2 aromatic heterocycles. The lowest BCUT2D eigenvalue weighted by molar-refractivity contribution is 0.435. The van der Waals surface area contributed by atoms with Crippen molar-refractivity contribution in [2.24, 2.45) is 5.92 Å². The minimum Gasteiger partial charge on any atom is -0.312 e. The molecule has 5 heteroatoms. The Kier molecular flexibility index (Phi) is 3.78. The Bertz CT molecular complexity index is 563. The molecular formula is C15H21N5. The molecule has 2 atom stereocenters. The average Bonchev–Trinajstić information content (AvgIpc) is 2.91. The van der Waals surface area contributed by atoms with Crippen LogP contribution in [0.1, 0.15) is 43.5 Å². The highest BCUT2D eigenvalue weighted by molar-refractivity contribution is 5.24. The van der Waals surface area contributed by atoms with Gasteiger partial charge in [0.25, 0.3) is 0 Å². The summed E-state index contributed by atoms with van der Waals surface area (Å²) in [6.45, 7) is 6.39. The molecular weight excluding hydrogens is 250 g/mol. The number of nitrogens with zero attached hydrogens (tertiary/aromatic N) is 4. The van der Waals surface area contributed by atoms with Crippen molar-refractivity contribution in [3.05, 3.63) is 41.7 Å². The Balaban J connectivity index is 1.91. The van der Waals surface area contributed by atoms with Crippen molar-refractivity contribution in [2.45, 2.75) is 39.3 Å². The second kappa shape index (κ2) is 5.71. The zero-order chi connectivity index (χ0) is 13.9. The number of pyridine rings is 1. The molecule has 1 N–H and O–H groups in total. The summed E-state index contributed by atoms with van der Waals surface area (Å²) in [4.78, 5) is 4.08. The predicted molar refractivity (Wildman–Crippen MR) is 77.3 cm³/mol. The highest BCUT2D eigenvalue weighted by Gasteiger charge is 2.26. The van der Waals surface area contributed by atoms with E-state index in [0.29, 0.717) is 5.92 Å². The Morgan fingerprint density at radius 2 is 2.15 bits per heavy atom. The molecule has 106 valence electrons. The van der Waals surface area contributed by atoms with Crippen LogP contribution >= 0.6 is 0 Å². The van der Waals surface area contributed by atoms with Crippen molar-refractivity contribution in [1.82, 2.24) is 25.1 Å². The number of fused-ring (bicyclic) bond motifs is 1. The van der Waals surface area contributed by atoms with Crippen molar-refractivity contribution < 1.29 is 0 Å². The summed E-state index contributed by atoms with van der Waals surface area (Å²) in [5, 5.41) is 12.4. The summed E-state index contributed by atoms with van der Waals surface area (Å²) in [6, 6.07) is 4.21. The lowest BCUT2D eigenvalue weighted by Crippen LogP contribution is -2.35. The van der Waals surface area contributed by atoms with Gasteiger partial charge in [-0.15, -0.1) is 10.2 Å². The lowest BCUT2D eigenvalue weighted by Gasteiger charge is -2.25. The van der Waals surface area contributed by atoms with Gasteiger partial charge in [-0.25, -0.2) is 0 Å². The third-order valence-electron chi connectivity index (χ3n) is 4.07. The van der Waals surface area contributed by atoms with Crippen LogP contribution in [0.25, 0.3) is 0 Å². The fourth-order valence-corrected chi connectivity index (χ4v) is 2.65. The van der Waals surface area contributed by atoms with Gasteiger partial charge < -0.3 is 9.88 Å². The van der Waals surface area contributed by atoms with Crippen LogP contribution in [-0.4, -0.2) is 26.3 Å². The van der Waals surface area contributed by atoms with E-state index < -0.39 is 0 Å². The number of hydrogen-bond donors (Lipinski definition) is 1. The SMILES string of the molecule is CCC(C)Cc1nnc2n1CCNC2c1ccncc1. The quantitative estimate of drug-likeness (QED) is 0.923. The van der Waals surface area contributed by atoms with Gasteiger partial charge >= 0.3 is 0 Å². The average molecular weight is 271 g/mol. The summed E-state index contributed by atoms with van der Waals surface area (Å²) in [5.41, 5.74) is 1.20. The van der Waals surface area contributed by atoms with Crippen molar-refractivity contribution in [3.8, 4) is 0 Å². The van der Waals surface area contributed by atoms with Gasteiger partial charge in [0.2, 0.25) is 0 Å². The largest absolute Gasteiger partial charge is 0.312 e. The number of hydrogen-bond acceptors (Lipinski definition) is 4. The van der Waals surface area contributed by atoms with E-state index in [1.807, 2.05) is 24.5 Å². The van der Waals surface area contributed by atoms with Gasteiger partial charge in [0, 0.05) is 31.9 Å². The number of aromatic nitrogens is 4. The molecule has 0 bridgehead atoms. The summed E-state index contributed by atoms with van der Waals surface area (Å²) >= 11 is 0. The summed E-state index contributed by atoms with van der Waals surface area (Å²) < 4.78 is 2.29. The van der Waals surface area contributed by atoms with E-state index in [1.54, 1.807) is 0 Å². The molecule has 0 fully saturated rings. The summed E-state index contributed by atoms with van der Waals surface area (Å²) in [5.74, 6) is 2.80. The van der Waals surface area contributed by atoms with E-state index in [2.05, 4.69) is 38.9 Å². The van der Waals surface area contributed by atoms with Gasteiger partial charge in [-0.2, -0.15) is 0 Å². The van der Waals surface area contributed by atoms with Crippen LogP contribution in [0.2, 0.25) is 0 Å². The Morgan fingerprint density at radius 3 is 2.90 bits per heavy atom. The monoisotopic (exact) mass is 271 g/mol. The maximum Gasteiger partial charge on any atom is 0.154 e. The zero-order valence-corrected chi connectivity index (χ0v) is 12.1. The molecule has 2 aromatic rings. The molecule has 1 aliphatic rings. The zero-order valence-electron chi connectivity index (χ0n) is 12.1. The number of rotatable bonds is 4. The second-order valence-corrected chi connectivity index (χ2v) is 5.51. The Morgan fingerprint density at radius 1 is 1.35 bits per heavy atom. The normalized spacial score (nSPS) is 19.6. The van der Waals surface area contributed by atoms with Gasteiger partial charge in [-0.3, -0.25) is 4.98 Å². The molecule has 1 aliphatic heterocycles. The smallest absolute Gasteiger partial charge is 0.154 e. The highest BCUT2D eigenvalue weighted by Crippen LogP contribution is 2.24. The number of nitrogens with one attached hydrogen (secondary N) is 1. The first-order valence-electron chi connectivity index (χ1n) is 7.35. The van der Waals surface area contributed by atoms with Gasteiger partial charge in [-0.1, -0.05) is 20.3 Å². The van der Waals surface area contributed by atoms with Crippen molar-refractivity contribution >= 4 is 0 Å². The van der Waals surface area contributed by atoms with Crippen LogP contribution < -0.4 is 5.32 Å².